The van der Waals surface area contributed by atoms with E-state index in [0.29, 0.717) is 52.9 Å². The van der Waals surface area contributed by atoms with Gasteiger partial charge in [0.25, 0.3) is 0 Å². The van der Waals surface area contributed by atoms with Gasteiger partial charge in [-0.25, -0.2) is 0 Å². The number of hydrogen-bond donors (Lipinski definition) is 0. The molecule has 0 heterocycles. The molecule has 264 valence electrons. The molecule has 0 radical (unpaired) electrons. The van der Waals surface area contributed by atoms with Crippen LogP contribution in [0.1, 0.15) is 26.2 Å². The fraction of sp³-hybridized carbons (Fsp3) is 0.429. The van der Waals surface area contributed by atoms with Gasteiger partial charge in [0.05, 0.1) is 120 Å². The molecule has 0 saturated carbocycles. The third-order valence-corrected chi connectivity index (χ3v) is 17.7. The number of hydrogen-bond acceptors (Lipinski definition) is 5. The van der Waals surface area contributed by atoms with E-state index in [1.54, 1.807) is 0 Å². The predicted molar refractivity (Wildman–Crippen MR) is 212 cm³/mol. The molecule has 0 saturated heterocycles. The van der Waals surface area contributed by atoms with Gasteiger partial charge < -0.3 is 23.7 Å². The monoisotopic (exact) mass is 704 g/mol. The Morgan fingerprint density at radius 3 is 1.08 bits per heavy atom. The Hall–Kier alpha value is -2.46. The molecule has 0 aliphatic heterocycles. The van der Waals surface area contributed by atoms with Gasteiger partial charge in [-0.05, 0) is 67.8 Å². The van der Waals surface area contributed by atoms with Crippen LogP contribution in [0.2, 0.25) is 0 Å². The summed E-state index contributed by atoms with van der Waals surface area (Å²) in [5.41, 5.74) is 0. The summed E-state index contributed by atoms with van der Waals surface area (Å²) in [4.78, 5) is 0. The molecule has 0 aromatic heterocycles. The van der Waals surface area contributed by atoms with Crippen LogP contribution in [-0.2, 0) is 23.7 Å². The van der Waals surface area contributed by atoms with Crippen LogP contribution in [0.3, 0.4) is 0 Å². The lowest BCUT2D eigenvalue weighted by Gasteiger charge is -2.28. The van der Waals surface area contributed by atoms with Crippen LogP contribution in [0.25, 0.3) is 0 Å². The molecule has 4 aromatic rings. The maximum absolute atomic E-state index is 6.24. The van der Waals surface area contributed by atoms with Crippen LogP contribution in [0.15, 0.2) is 121 Å². The van der Waals surface area contributed by atoms with Gasteiger partial charge in [0.15, 0.2) is 0 Å². The van der Waals surface area contributed by atoms with Gasteiger partial charge in [-0.1, -0.05) is 79.7 Å². The van der Waals surface area contributed by atoms with E-state index >= 15 is 0 Å². The van der Waals surface area contributed by atoms with E-state index < -0.39 is 14.5 Å². The van der Waals surface area contributed by atoms with Crippen molar-refractivity contribution >= 4 is 35.7 Å². The zero-order chi connectivity index (χ0) is 34.3. The molecular formula is C42H58O5P2+2. The molecule has 0 N–H and O–H groups in total. The Labute approximate surface area is 297 Å². The van der Waals surface area contributed by atoms with Crippen LogP contribution in [-0.4, -0.2) is 91.2 Å². The van der Waals surface area contributed by atoms with Gasteiger partial charge >= 0.3 is 0 Å². The van der Waals surface area contributed by atoms with Gasteiger partial charge in [0, 0.05) is 6.61 Å². The van der Waals surface area contributed by atoms with E-state index in [1.165, 1.54) is 46.4 Å². The van der Waals surface area contributed by atoms with Crippen molar-refractivity contribution < 1.29 is 23.7 Å². The van der Waals surface area contributed by atoms with Crippen LogP contribution in [0.5, 0.6) is 0 Å². The predicted octanol–water partition coefficient (Wildman–Crippen LogP) is 7.23. The van der Waals surface area contributed by atoms with Crippen LogP contribution < -0.4 is 21.2 Å². The summed E-state index contributed by atoms with van der Waals surface area (Å²) >= 11 is 0. The lowest BCUT2D eigenvalue weighted by Crippen LogP contribution is -2.30. The van der Waals surface area contributed by atoms with E-state index in [1.807, 2.05) is 0 Å². The Kier molecular flexibility index (Phi) is 18.5. The maximum atomic E-state index is 6.24. The number of ether oxygens (including phenoxy) is 5. The summed E-state index contributed by atoms with van der Waals surface area (Å²) in [7, 11) is -3.21. The Balaban J connectivity index is 1.29. The zero-order valence-corrected chi connectivity index (χ0v) is 31.6. The molecule has 0 bridgehead atoms. The van der Waals surface area contributed by atoms with Crippen molar-refractivity contribution in [2.45, 2.75) is 26.2 Å². The fourth-order valence-electron chi connectivity index (χ4n) is 6.28. The first-order valence-corrected chi connectivity index (χ1v) is 22.6. The first-order valence-electron chi connectivity index (χ1n) is 18.0. The van der Waals surface area contributed by atoms with Crippen LogP contribution in [0, 0.1) is 0 Å². The SMILES string of the molecule is CCCOCCOCCOCCOCCOCC[P+](CCCC[P+](C)(c1ccccc1)c1ccccc1)(c1ccccc1)c1ccccc1. The molecule has 0 aliphatic rings. The van der Waals surface area contributed by atoms with Gasteiger partial charge in [-0.15, -0.1) is 0 Å². The molecule has 4 rings (SSSR count). The van der Waals surface area contributed by atoms with Gasteiger partial charge in [0.1, 0.15) is 0 Å². The Morgan fingerprint density at radius 2 is 0.694 bits per heavy atom. The fourth-order valence-corrected chi connectivity index (χ4v) is 13.9. The van der Waals surface area contributed by atoms with E-state index in [0.717, 1.165) is 25.8 Å². The van der Waals surface area contributed by atoms with E-state index in [9.17, 15) is 0 Å². The largest absolute Gasteiger partial charge is 0.379 e. The second-order valence-electron chi connectivity index (χ2n) is 12.4. The highest BCUT2D eigenvalue weighted by Gasteiger charge is 2.43. The quantitative estimate of drug-likeness (QED) is 0.0511. The number of benzene rings is 4. The van der Waals surface area contributed by atoms with Crippen molar-refractivity contribution in [1.29, 1.82) is 0 Å². The average Bonchev–Trinajstić information content (AvgIpc) is 3.17. The number of unbranched alkanes of at least 4 members (excludes halogenated alkanes) is 1. The highest BCUT2D eigenvalue weighted by atomic mass is 31.2. The minimum absolute atomic E-state index is 0.557. The summed E-state index contributed by atoms with van der Waals surface area (Å²) in [5, 5.41) is 5.93. The molecule has 5 nitrogen and oxygen atoms in total. The molecule has 0 atom stereocenters. The molecule has 49 heavy (non-hydrogen) atoms. The third-order valence-electron chi connectivity index (χ3n) is 9.00. The second kappa shape index (κ2) is 23.1. The molecule has 0 amide bonds. The van der Waals surface area contributed by atoms with Crippen molar-refractivity contribution in [1.82, 2.24) is 0 Å². The summed E-state index contributed by atoms with van der Waals surface area (Å²) in [5.74, 6) is 0. The minimum Gasteiger partial charge on any atom is -0.379 e. The van der Waals surface area contributed by atoms with Gasteiger partial charge in [0.2, 0.25) is 0 Å². The summed E-state index contributed by atoms with van der Waals surface area (Å²) in [6.07, 6.45) is 6.83. The van der Waals surface area contributed by atoms with E-state index in [2.05, 4.69) is 135 Å². The molecule has 0 spiro atoms. The van der Waals surface area contributed by atoms with Crippen LogP contribution >= 0.6 is 14.5 Å². The van der Waals surface area contributed by atoms with Gasteiger partial charge in [-0.2, -0.15) is 0 Å². The first kappa shape index (κ1) is 39.3. The highest BCUT2D eigenvalue weighted by molar-refractivity contribution is 7.89. The van der Waals surface area contributed by atoms with Crippen LogP contribution in [0.4, 0.5) is 0 Å². The molecule has 0 unspecified atom stereocenters. The summed E-state index contributed by atoms with van der Waals surface area (Å²) in [6.45, 7) is 10.8. The Bertz CT molecular complexity index is 1300. The lowest BCUT2D eigenvalue weighted by atomic mass is 10.4. The molecule has 0 fully saturated rings. The average molecular weight is 705 g/mol. The lowest BCUT2D eigenvalue weighted by molar-refractivity contribution is -0.0100. The topological polar surface area (TPSA) is 46.2 Å². The minimum atomic E-state index is -1.71. The van der Waals surface area contributed by atoms with E-state index in [-0.39, 0.29) is 0 Å². The van der Waals surface area contributed by atoms with E-state index in [4.69, 9.17) is 23.7 Å². The summed E-state index contributed by atoms with van der Waals surface area (Å²) in [6, 6.07) is 44.8. The van der Waals surface area contributed by atoms with Crippen molar-refractivity contribution in [3.8, 4) is 0 Å². The smallest absolute Gasteiger partial charge is 0.0992 e. The Morgan fingerprint density at radius 1 is 0.367 bits per heavy atom. The number of rotatable bonds is 26. The third kappa shape index (κ3) is 13.0. The molecular weight excluding hydrogens is 646 g/mol. The van der Waals surface area contributed by atoms with Crippen molar-refractivity contribution in [3.63, 3.8) is 0 Å². The van der Waals surface area contributed by atoms with Gasteiger partial charge in [-0.3, -0.25) is 0 Å². The first-order chi connectivity index (χ1) is 24.2. The second-order valence-corrected chi connectivity index (χ2v) is 20.2. The molecule has 4 aromatic carbocycles. The summed E-state index contributed by atoms with van der Waals surface area (Å²) < 4.78 is 28.6. The normalized spacial score (nSPS) is 12.0. The molecule has 7 heteroatoms. The highest BCUT2D eigenvalue weighted by Crippen LogP contribution is 2.58. The standard InChI is InChI=1S/C42H58O5P2/c1-3-26-43-27-28-44-29-30-45-31-32-46-33-34-47-35-38-49(41-22-12-6-13-23-41,42-24-14-7-15-25-42)37-17-16-36-48(2,39-18-8-4-9-19-39)40-20-10-5-11-21-40/h4-15,18-25H,3,16-17,26-38H2,1-2H3/q+2. The van der Waals surface area contributed by atoms with Crippen molar-refractivity contribution in [2.75, 3.05) is 91.2 Å². The maximum Gasteiger partial charge on any atom is 0.0992 e. The van der Waals surface area contributed by atoms with Crippen molar-refractivity contribution in [3.05, 3.63) is 121 Å². The zero-order valence-electron chi connectivity index (χ0n) is 29.8. The van der Waals surface area contributed by atoms with Crippen molar-refractivity contribution in [2.24, 2.45) is 0 Å². The molecule has 0 aliphatic carbocycles.